The maximum absolute atomic E-state index is 11.8. The lowest BCUT2D eigenvalue weighted by atomic mass is 10.2. The highest BCUT2D eigenvalue weighted by Crippen LogP contribution is 2.20. The van der Waals surface area contributed by atoms with Gasteiger partial charge in [0.2, 0.25) is 0 Å². The molecule has 0 aliphatic rings. The quantitative estimate of drug-likeness (QED) is 0.754. The molecule has 0 aromatic heterocycles. The molecule has 0 spiro atoms. The lowest BCUT2D eigenvalue weighted by molar-refractivity contribution is 0.559. The van der Waals surface area contributed by atoms with Gasteiger partial charge in [-0.05, 0) is 26.3 Å². The van der Waals surface area contributed by atoms with Crippen LogP contribution in [0.3, 0.4) is 0 Å². The molecule has 0 amide bonds. The second-order valence-electron chi connectivity index (χ2n) is 4.36. The van der Waals surface area contributed by atoms with Gasteiger partial charge in [-0.25, -0.2) is 8.42 Å². The van der Waals surface area contributed by atoms with Gasteiger partial charge in [-0.15, -0.1) is 0 Å². The smallest absolute Gasteiger partial charge is 0.159 e. The Morgan fingerprint density at radius 1 is 1.07 bits per heavy atom. The molecule has 1 rings (SSSR count). The second kappa shape index (κ2) is 3.73. The van der Waals surface area contributed by atoms with Gasteiger partial charge in [0, 0.05) is 0 Å². The summed E-state index contributed by atoms with van der Waals surface area (Å²) in [5.74, 6) is 0.122. The molecule has 0 aliphatic carbocycles. The third-order valence-corrected chi connectivity index (χ3v) is 4.71. The van der Waals surface area contributed by atoms with Gasteiger partial charge in [-0.2, -0.15) is 0 Å². The zero-order chi connectivity index (χ0) is 10.8. The van der Waals surface area contributed by atoms with Gasteiger partial charge in [0.25, 0.3) is 0 Å². The predicted molar refractivity (Wildman–Crippen MR) is 58.8 cm³/mol. The molecule has 1 aromatic carbocycles. The average Bonchev–Trinajstić information content (AvgIpc) is 2.03. The minimum Gasteiger partial charge on any atom is -0.228 e. The van der Waals surface area contributed by atoms with Gasteiger partial charge in [0.05, 0.1) is 10.5 Å². The molecule has 78 valence electrons. The largest absolute Gasteiger partial charge is 0.228 e. The Morgan fingerprint density at radius 2 is 1.57 bits per heavy atom. The lowest BCUT2D eigenvalue weighted by Crippen LogP contribution is -2.29. The van der Waals surface area contributed by atoms with E-state index in [0.29, 0.717) is 0 Å². The number of sulfone groups is 1. The Kier molecular flexibility index (Phi) is 3.00. The minimum absolute atomic E-state index is 0.122. The fourth-order valence-corrected chi connectivity index (χ4v) is 2.07. The minimum atomic E-state index is -3.05. The molecule has 0 atom stereocenters. The fraction of sp³-hybridized carbons (Fsp3) is 0.455. The summed E-state index contributed by atoms with van der Waals surface area (Å²) < 4.78 is 23.0. The summed E-state index contributed by atoms with van der Waals surface area (Å²) in [5.41, 5.74) is 0.849. The Labute approximate surface area is 85.9 Å². The number of benzene rings is 1. The lowest BCUT2D eigenvalue weighted by Gasteiger charge is -2.18. The fourth-order valence-electron chi connectivity index (χ4n) is 1.01. The highest BCUT2D eigenvalue weighted by molar-refractivity contribution is 7.91. The van der Waals surface area contributed by atoms with E-state index in [1.54, 1.807) is 20.8 Å². The van der Waals surface area contributed by atoms with Crippen LogP contribution in [-0.2, 0) is 15.6 Å². The van der Waals surface area contributed by atoms with E-state index in [9.17, 15) is 8.42 Å². The molecule has 1 aromatic rings. The van der Waals surface area contributed by atoms with Crippen molar-refractivity contribution >= 4 is 9.84 Å². The summed E-state index contributed by atoms with van der Waals surface area (Å²) in [7, 11) is -3.05. The van der Waals surface area contributed by atoms with Crippen molar-refractivity contribution in [1.82, 2.24) is 0 Å². The molecule has 0 heterocycles. The van der Waals surface area contributed by atoms with E-state index in [0.717, 1.165) is 5.56 Å². The van der Waals surface area contributed by atoms with Crippen molar-refractivity contribution in [1.29, 1.82) is 0 Å². The molecule has 0 fully saturated rings. The topological polar surface area (TPSA) is 34.1 Å². The van der Waals surface area contributed by atoms with Crippen LogP contribution in [0.1, 0.15) is 26.3 Å². The van der Waals surface area contributed by atoms with Gasteiger partial charge in [-0.3, -0.25) is 0 Å². The van der Waals surface area contributed by atoms with Gasteiger partial charge in [0.15, 0.2) is 9.84 Å². The van der Waals surface area contributed by atoms with E-state index in [-0.39, 0.29) is 5.75 Å². The summed E-state index contributed by atoms with van der Waals surface area (Å²) in [5, 5.41) is 0. The Bertz CT molecular complexity index is 385. The molecule has 0 aliphatic heterocycles. The first-order chi connectivity index (χ1) is 6.33. The summed E-state index contributed by atoms with van der Waals surface area (Å²) >= 11 is 0. The van der Waals surface area contributed by atoms with Gasteiger partial charge >= 0.3 is 0 Å². The molecule has 0 radical (unpaired) electrons. The third kappa shape index (κ3) is 2.58. The van der Waals surface area contributed by atoms with E-state index < -0.39 is 14.6 Å². The summed E-state index contributed by atoms with van der Waals surface area (Å²) in [4.78, 5) is 0. The van der Waals surface area contributed by atoms with Crippen LogP contribution in [0.25, 0.3) is 0 Å². The third-order valence-electron chi connectivity index (χ3n) is 2.13. The van der Waals surface area contributed by atoms with Crippen molar-refractivity contribution in [2.24, 2.45) is 0 Å². The molecule has 3 heteroatoms. The monoisotopic (exact) mass is 212 g/mol. The van der Waals surface area contributed by atoms with E-state index in [4.69, 9.17) is 0 Å². The van der Waals surface area contributed by atoms with Crippen molar-refractivity contribution in [3.8, 4) is 0 Å². The van der Waals surface area contributed by atoms with Crippen LogP contribution in [-0.4, -0.2) is 13.2 Å². The van der Waals surface area contributed by atoms with Crippen molar-refractivity contribution in [2.75, 3.05) is 0 Å². The SMILES string of the molecule is CC(C)(C)S(=O)(=O)Cc1ccccc1. The zero-order valence-corrected chi connectivity index (χ0v) is 9.64. The van der Waals surface area contributed by atoms with Crippen LogP contribution in [0.4, 0.5) is 0 Å². The maximum Gasteiger partial charge on any atom is 0.159 e. The first-order valence-electron chi connectivity index (χ1n) is 4.59. The van der Waals surface area contributed by atoms with E-state index >= 15 is 0 Å². The Morgan fingerprint density at radius 3 is 2.00 bits per heavy atom. The molecule has 2 nitrogen and oxygen atoms in total. The molecule has 0 saturated heterocycles. The van der Waals surface area contributed by atoms with E-state index in [2.05, 4.69) is 0 Å². The average molecular weight is 212 g/mol. The summed E-state index contributed by atoms with van der Waals surface area (Å²) in [6.45, 7) is 5.18. The molecular formula is C11H16O2S. The van der Waals surface area contributed by atoms with Gasteiger partial charge < -0.3 is 0 Å². The van der Waals surface area contributed by atoms with Crippen LogP contribution < -0.4 is 0 Å². The van der Waals surface area contributed by atoms with Crippen LogP contribution in [0, 0.1) is 0 Å². The Hall–Kier alpha value is -0.830. The first-order valence-corrected chi connectivity index (χ1v) is 6.24. The summed E-state index contributed by atoms with van der Waals surface area (Å²) in [6, 6.07) is 9.26. The molecule has 0 bridgehead atoms. The number of hydrogen-bond donors (Lipinski definition) is 0. The highest BCUT2D eigenvalue weighted by atomic mass is 32.2. The molecule has 0 saturated carbocycles. The van der Waals surface area contributed by atoms with E-state index in [1.807, 2.05) is 30.3 Å². The molecule has 14 heavy (non-hydrogen) atoms. The van der Waals surface area contributed by atoms with E-state index in [1.165, 1.54) is 0 Å². The maximum atomic E-state index is 11.8. The number of hydrogen-bond acceptors (Lipinski definition) is 2. The first kappa shape index (κ1) is 11.2. The summed E-state index contributed by atoms with van der Waals surface area (Å²) in [6.07, 6.45) is 0. The van der Waals surface area contributed by atoms with Crippen LogP contribution in [0.5, 0.6) is 0 Å². The van der Waals surface area contributed by atoms with Crippen molar-refractivity contribution < 1.29 is 8.42 Å². The van der Waals surface area contributed by atoms with Gasteiger partial charge in [0.1, 0.15) is 0 Å². The zero-order valence-electron chi connectivity index (χ0n) is 8.82. The van der Waals surface area contributed by atoms with Crippen LogP contribution in [0.15, 0.2) is 30.3 Å². The Balaban J connectivity index is 2.91. The van der Waals surface area contributed by atoms with Crippen molar-refractivity contribution in [3.05, 3.63) is 35.9 Å². The molecule has 0 N–H and O–H groups in total. The second-order valence-corrected chi connectivity index (χ2v) is 7.10. The normalized spacial score (nSPS) is 12.8. The van der Waals surface area contributed by atoms with Crippen molar-refractivity contribution in [3.63, 3.8) is 0 Å². The number of rotatable bonds is 2. The predicted octanol–water partition coefficient (Wildman–Crippen LogP) is 2.40. The highest BCUT2D eigenvalue weighted by Gasteiger charge is 2.28. The van der Waals surface area contributed by atoms with Crippen LogP contribution in [0.2, 0.25) is 0 Å². The molecule has 0 unspecified atom stereocenters. The van der Waals surface area contributed by atoms with Crippen molar-refractivity contribution in [2.45, 2.75) is 31.3 Å². The van der Waals surface area contributed by atoms with Crippen LogP contribution >= 0.6 is 0 Å². The van der Waals surface area contributed by atoms with Gasteiger partial charge in [-0.1, -0.05) is 30.3 Å². The standard InChI is InChI=1S/C11H16O2S/c1-11(2,3)14(12,13)9-10-7-5-4-6-8-10/h4-8H,9H2,1-3H3. The molecular weight excluding hydrogens is 196 g/mol.